The van der Waals surface area contributed by atoms with Gasteiger partial charge in [0.25, 0.3) is 0 Å². The lowest BCUT2D eigenvalue weighted by atomic mass is 10.2. The van der Waals surface area contributed by atoms with Gasteiger partial charge in [0.05, 0.1) is 25.6 Å². The van der Waals surface area contributed by atoms with Gasteiger partial charge in [0.15, 0.2) is 0 Å². The van der Waals surface area contributed by atoms with Crippen LogP contribution < -0.4 is 5.84 Å². The van der Waals surface area contributed by atoms with Gasteiger partial charge in [0, 0.05) is 21.8 Å². The van der Waals surface area contributed by atoms with E-state index in [1.807, 2.05) is 12.4 Å². The van der Waals surface area contributed by atoms with Crippen molar-refractivity contribution >= 4 is 26.9 Å². The molecule has 3 heterocycles. The minimum Gasteiger partial charge on any atom is -0.381 e. The number of aliphatic imine (C=N–C) groups is 2. The number of hydrogen-bond acceptors (Lipinski definition) is 4. The van der Waals surface area contributed by atoms with E-state index in [4.69, 9.17) is 10.6 Å². The van der Waals surface area contributed by atoms with E-state index >= 15 is 0 Å². The van der Waals surface area contributed by atoms with Crippen molar-refractivity contribution in [3.63, 3.8) is 0 Å². The first-order valence-electron chi connectivity index (χ1n) is 5.67. The number of quaternary nitrogens is 1. The number of allylic oxidation sites excluding steroid dienone is 2. The first-order chi connectivity index (χ1) is 8.22. The minimum atomic E-state index is 0.121. The van der Waals surface area contributed by atoms with E-state index in [1.54, 1.807) is 6.20 Å². The summed E-state index contributed by atoms with van der Waals surface area (Å²) in [7, 11) is 0. The molecule has 88 valence electrons. The van der Waals surface area contributed by atoms with Crippen LogP contribution in [0.25, 0.3) is 0 Å². The molecule has 1 aliphatic carbocycles. The van der Waals surface area contributed by atoms with Crippen LogP contribution >= 0.6 is 15.9 Å². The quantitative estimate of drug-likeness (QED) is 0.447. The highest BCUT2D eigenvalue weighted by molar-refractivity contribution is 9.18. The van der Waals surface area contributed by atoms with Crippen molar-refractivity contribution in [1.82, 2.24) is 0 Å². The van der Waals surface area contributed by atoms with Gasteiger partial charge in [-0.3, -0.25) is 4.99 Å². The Hall–Kier alpha value is -0.820. The summed E-state index contributed by atoms with van der Waals surface area (Å²) in [5, 5.41) is 0. The summed E-state index contributed by atoms with van der Waals surface area (Å²) in [6.45, 7) is 1.72. The minimum absolute atomic E-state index is 0.121. The largest absolute Gasteiger partial charge is 0.381 e. The van der Waals surface area contributed by atoms with Gasteiger partial charge in [-0.1, -0.05) is 0 Å². The van der Waals surface area contributed by atoms with Crippen LogP contribution in [-0.2, 0) is 4.74 Å². The summed E-state index contributed by atoms with van der Waals surface area (Å²) in [5.41, 5.74) is 2.07. The molecule has 0 aromatic rings. The third-order valence-electron chi connectivity index (χ3n) is 4.03. The fraction of sp³-hybridized carbons (Fsp3) is 0.455. The van der Waals surface area contributed by atoms with E-state index < -0.39 is 0 Å². The maximum atomic E-state index is 6.31. The highest BCUT2D eigenvalue weighted by Crippen LogP contribution is 2.57. The third-order valence-corrected chi connectivity index (χ3v) is 4.80. The SMILES string of the molecule is N[N+]12C=CN=CC1=C(C1[C@H]3COC[C@@H]13)N=C2Br. The fourth-order valence-corrected chi connectivity index (χ4v) is 3.48. The van der Waals surface area contributed by atoms with Gasteiger partial charge in [0.2, 0.25) is 5.70 Å². The lowest BCUT2D eigenvalue weighted by Gasteiger charge is -2.23. The third kappa shape index (κ3) is 1.18. The van der Waals surface area contributed by atoms with Crippen LogP contribution in [0.4, 0.5) is 0 Å². The van der Waals surface area contributed by atoms with Crippen LogP contribution in [0, 0.1) is 17.8 Å². The number of nitrogens with zero attached hydrogens (tertiary/aromatic N) is 3. The molecule has 4 atom stereocenters. The van der Waals surface area contributed by atoms with Crippen LogP contribution in [0.1, 0.15) is 0 Å². The van der Waals surface area contributed by atoms with E-state index in [2.05, 4.69) is 25.9 Å². The summed E-state index contributed by atoms with van der Waals surface area (Å²) >= 11 is 3.46. The van der Waals surface area contributed by atoms with Gasteiger partial charge < -0.3 is 4.74 Å². The molecule has 1 saturated carbocycles. The molecule has 2 fully saturated rings. The maximum absolute atomic E-state index is 6.31. The molecule has 0 amide bonds. The molecular weight excluding hydrogens is 284 g/mol. The molecule has 4 rings (SSSR count). The van der Waals surface area contributed by atoms with Gasteiger partial charge in [-0.05, 0) is 11.8 Å². The van der Waals surface area contributed by atoms with E-state index in [1.165, 1.54) is 0 Å². The van der Waals surface area contributed by atoms with Crippen LogP contribution in [0.15, 0.2) is 33.8 Å². The molecule has 0 spiro atoms. The molecule has 0 radical (unpaired) electrons. The van der Waals surface area contributed by atoms with Crippen LogP contribution in [-0.4, -0.2) is 28.8 Å². The van der Waals surface area contributed by atoms with Crippen molar-refractivity contribution in [2.24, 2.45) is 33.6 Å². The number of rotatable bonds is 1. The molecule has 17 heavy (non-hydrogen) atoms. The zero-order chi connectivity index (χ0) is 11.6. The first kappa shape index (κ1) is 10.1. The second kappa shape index (κ2) is 3.14. The lowest BCUT2D eigenvalue weighted by Crippen LogP contribution is -2.50. The predicted octanol–water partition coefficient (Wildman–Crippen LogP) is 1.10. The molecule has 0 bridgehead atoms. The molecule has 5 nitrogen and oxygen atoms in total. The molecular formula is C11H12BrN4O+. The van der Waals surface area contributed by atoms with Gasteiger partial charge in [0.1, 0.15) is 11.9 Å². The van der Waals surface area contributed by atoms with Crippen molar-refractivity contribution in [3.05, 3.63) is 23.8 Å². The van der Waals surface area contributed by atoms with Gasteiger partial charge >= 0.3 is 4.74 Å². The number of ether oxygens (including phenoxy) is 1. The summed E-state index contributed by atoms with van der Waals surface area (Å²) in [6, 6.07) is 0. The topological polar surface area (TPSA) is 60.0 Å². The average molecular weight is 296 g/mol. The Morgan fingerprint density at radius 3 is 2.94 bits per heavy atom. The van der Waals surface area contributed by atoms with E-state index in [0.29, 0.717) is 17.8 Å². The average Bonchev–Trinajstić information content (AvgIpc) is 2.70. The van der Waals surface area contributed by atoms with E-state index in [-0.39, 0.29) is 4.59 Å². The summed E-state index contributed by atoms with van der Waals surface area (Å²) in [6.07, 6.45) is 5.37. The normalized spacial score (nSPS) is 46.0. The van der Waals surface area contributed by atoms with Crippen LogP contribution in [0.2, 0.25) is 0 Å². The second-order valence-corrected chi connectivity index (χ2v) is 5.61. The van der Waals surface area contributed by atoms with E-state index in [0.717, 1.165) is 29.4 Å². The predicted molar refractivity (Wildman–Crippen MR) is 66.8 cm³/mol. The molecule has 1 saturated heterocycles. The van der Waals surface area contributed by atoms with Crippen molar-refractivity contribution in [1.29, 1.82) is 0 Å². The smallest absolute Gasteiger partial charge is 0.301 e. The zero-order valence-electron chi connectivity index (χ0n) is 9.08. The Kier molecular flexibility index (Phi) is 1.87. The molecule has 2 N–H and O–H groups in total. The monoisotopic (exact) mass is 295 g/mol. The molecule has 4 aliphatic rings. The highest BCUT2D eigenvalue weighted by Gasteiger charge is 2.60. The first-order valence-corrected chi connectivity index (χ1v) is 6.46. The van der Waals surface area contributed by atoms with E-state index in [9.17, 15) is 0 Å². The Morgan fingerprint density at radius 2 is 2.18 bits per heavy atom. The summed E-state index contributed by atoms with van der Waals surface area (Å²) in [5.74, 6) is 8.08. The molecule has 0 aromatic carbocycles. The van der Waals surface area contributed by atoms with Gasteiger partial charge in [-0.2, -0.15) is 10.8 Å². The number of halogens is 1. The Labute approximate surface area is 107 Å². The second-order valence-electron chi connectivity index (χ2n) is 4.90. The van der Waals surface area contributed by atoms with Crippen molar-refractivity contribution < 1.29 is 9.33 Å². The Balaban J connectivity index is 1.78. The Bertz CT molecular complexity index is 514. The Morgan fingerprint density at radius 1 is 1.41 bits per heavy atom. The number of hydrogen-bond donors (Lipinski definition) is 1. The molecule has 2 unspecified atom stereocenters. The summed E-state index contributed by atoms with van der Waals surface area (Å²) < 4.78 is 6.27. The van der Waals surface area contributed by atoms with Gasteiger partial charge in [-0.15, -0.1) is 4.59 Å². The van der Waals surface area contributed by atoms with Crippen molar-refractivity contribution in [2.75, 3.05) is 13.2 Å². The lowest BCUT2D eigenvalue weighted by molar-refractivity contribution is -0.746. The van der Waals surface area contributed by atoms with Crippen LogP contribution in [0.3, 0.4) is 0 Å². The molecule has 3 aliphatic heterocycles. The molecule has 0 aromatic heterocycles. The van der Waals surface area contributed by atoms with Crippen LogP contribution in [0.5, 0.6) is 0 Å². The summed E-state index contributed by atoms with van der Waals surface area (Å²) in [4.78, 5) is 8.78. The maximum Gasteiger partial charge on any atom is 0.301 e. The standard InChI is InChI=1S/C11H12BrN4O/c12-11-15-10(9-6-4-17-5-7(6)9)8-3-14-1-2-16(8,11)13/h1-3,6-7,9H,4-5,13H2/q+1/t6-,7+,9?,16?. The number of fused-ring (bicyclic) bond motifs is 2. The van der Waals surface area contributed by atoms with Crippen molar-refractivity contribution in [3.8, 4) is 0 Å². The van der Waals surface area contributed by atoms with Crippen molar-refractivity contribution in [2.45, 2.75) is 0 Å². The number of amidine groups is 1. The number of nitrogens with two attached hydrogens (primary N) is 1. The molecule has 6 heteroatoms. The van der Waals surface area contributed by atoms with Gasteiger partial charge in [-0.25, -0.2) is 0 Å². The zero-order valence-corrected chi connectivity index (χ0v) is 10.7. The fourth-order valence-electron chi connectivity index (χ4n) is 2.98. The highest BCUT2D eigenvalue weighted by atomic mass is 79.9.